The fraction of sp³-hybridized carbons (Fsp3) is 0.613. The lowest BCUT2D eigenvalue weighted by molar-refractivity contribution is 0.493. The highest BCUT2D eigenvalue weighted by Crippen LogP contribution is 2.42. The first-order chi connectivity index (χ1) is 13.9. The van der Waals surface area contributed by atoms with E-state index < -0.39 is 0 Å². The van der Waals surface area contributed by atoms with Crippen LogP contribution in [0.1, 0.15) is 123 Å². The van der Waals surface area contributed by atoms with E-state index in [1.165, 1.54) is 28.7 Å². The van der Waals surface area contributed by atoms with Crippen LogP contribution in [0.15, 0.2) is 36.4 Å². The first-order valence-corrected chi connectivity index (χ1v) is 12.2. The van der Waals surface area contributed by atoms with Gasteiger partial charge in [-0.2, -0.15) is 0 Å². The molecule has 2 aromatic carbocycles. The van der Waals surface area contributed by atoms with Crippen molar-refractivity contribution in [3.63, 3.8) is 0 Å². The quantitative estimate of drug-likeness (QED) is 0.462. The van der Waals surface area contributed by atoms with Gasteiger partial charge in [0.25, 0.3) is 0 Å². The Morgan fingerprint density at radius 3 is 1.61 bits per heavy atom. The number of hydrogen-bond donors (Lipinski definition) is 0. The maximum atomic E-state index is 2.43. The van der Waals surface area contributed by atoms with Crippen molar-refractivity contribution < 1.29 is 0 Å². The van der Waals surface area contributed by atoms with E-state index in [1.54, 1.807) is 11.1 Å². The summed E-state index contributed by atoms with van der Waals surface area (Å²) in [4.78, 5) is 0. The largest absolute Gasteiger partial charge is 0.0617 e. The zero-order chi connectivity index (χ0) is 23.8. The molecule has 0 aromatic heterocycles. The lowest BCUT2D eigenvalue weighted by Crippen LogP contribution is -2.29. The summed E-state index contributed by atoms with van der Waals surface area (Å²) in [6.45, 7) is 28.3. The molecule has 31 heavy (non-hydrogen) atoms. The molecule has 2 aromatic rings. The molecule has 0 saturated heterocycles. The Morgan fingerprint density at radius 1 is 0.548 bits per heavy atom. The molecule has 0 heterocycles. The van der Waals surface area contributed by atoms with Gasteiger partial charge in [0.05, 0.1) is 0 Å². The van der Waals surface area contributed by atoms with Crippen LogP contribution in [0.4, 0.5) is 0 Å². The second-order valence-electron chi connectivity index (χ2n) is 13.6. The Labute approximate surface area is 193 Å². The van der Waals surface area contributed by atoms with E-state index in [0.29, 0.717) is 0 Å². The van der Waals surface area contributed by atoms with Crippen molar-refractivity contribution in [3.05, 3.63) is 69.8 Å². The average molecular weight is 421 g/mol. The maximum absolute atomic E-state index is 2.43. The molecule has 0 amide bonds. The summed E-state index contributed by atoms with van der Waals surface area (Å²) in [5.41, 5.74) is 9.71. The van der Waals surface area contributed by atoms with Crippen LogP contribution in [0.2, 0.25) is 0 Å². The lowest BCUT2D eigenvalue weighted by Gasteiger charge is -2.38. The average Bonchev–Trinajstić information content (AvgIpc) is 2.58. The molecule has 0 aliphatic rings. The SMILES string of the molecule is CC(C)(C)c1cccc(CCCc2ccc(C(C)(C)C)c(C(C)(C)C)c2C(C)(C)C)c1. The molecule has 0 aliphatic carbocycles. The Hall–Kier alpha value is -1.56. The fourth-order valence-corrected chi connectivity index (χ4v) is 4.79. The molecule has 0 atom stereocenters. The summed E-state index contributed by atoms with van der Waals surface area (Å²) in [6.07, 6.45) is 3.47. The minimum atomic E-state index is 0.127. The van der Waals surface area contributed by atoms with Crippen LogP contribution in [0.3, 0.4) is 0 Å². The topological polar surface area (TPSA) is 0 Å². The number of aryl methyl sites for hydroxylation is 2. The van der Waals surface area contributed by atoms with Gasteiger partial charge in [-0.25, -0.2) is 0 Å². The van der Waals surface area contributed by atoms with Crippen LogP contribution in [0.25, 0.3) is 0 Å². The highest BCUT2D eigenvalue weighted by atomic mass is 14.4. The lowest BCUT2D eigenvalue weighted by atomic mass is 9.67. The van der Waals surface area contributed by atoms with Crippen molar-refractivity contribution in [2.75, 3.05) is 0 Å². The van der Waals surface area contributed by atoms with E-state index in [2.05, 4.69) is 119 Å². The van der Waals surface area contributed by atoms with Crippen molar-refractivity contribution in [1.82, 2.24) is 0 Å². The third kappa shape index (κ3) is 6.47. The number of rotatable bonds is 4. The van der Waals surface area contributed by atoms with Crippen molar-refractivity contribution in [3.8, 4) is 0 Å². The molecular weight excluding hydrogens is 372 g/mol. The summed E-state index contributed by atoms with van der Waals surface area (Å²) in [7, 11) is 0. The van der Waals surface area contributed by atoms with Crippen LogP contribution in [-0.4, -0.2) is 0 Å². The molecule has 172 valence electrons. The van der Waals surface area contributed by atoms with Gasteiger partial charge in [-0.15, -0.1) is 0 Å². The summed E-state index contributed by atoms with van der Waals surface area (Å²) in [6, 6.07) is 14.1. The molecule has 0 saturated carbocycles. The second-order valence-corrected chi connectivity index (χ2v) is 13.6. The van der Waals surface area contributed by atoms with Gasteiger partial charge in [0.2, 0.25) is 0 Å². The van der Waals surface area contributed by atoms with Gasteiger partial charge >= 0.3 is 0 Å². The predicted molar refractivity (Wildman–Crippen MR) is 140 cm³/mol. The normalized spacial score (nSPS) is 13.5. The van der Waals surface area contributed by atoms with Crippen molar-refractivity contribution in [1.29, 1.82) is 0 Å². The minimum absolute atomic E-state index is 0.127. The molecule has 0 fully saturated rings. The predicted octanol–water partition coefficient (Wildman–Crippen LogP) is 9.05. The number of hydrogen-bond acceptors (Lipinski definition) is 0. The van der Waals surface area contributed by atoms with Gasteiger partial charge in [0.15, 0.2) is 0 Å². The standard InChI is InChI=1S/C31H48/c1-28(2,3)24-18-14-16-22(21-24)15-13-17-23-19-20-25(29(4,5)6)27(31(10,11)12)26(23)30(7,8)9/h14,16,18-21H,13,15,17H2,1-12H3. The Morgan fingerprint density at radius 2 is 1.13 bits per heavy atom. The van der Waals surface area contributed by atoms with E-state index >= 15 is 0 Å². The molecule has 2 rings (SSSR count). The fourth-order valence-electron chi connectivity index (χ4n) is 4.79. The molecule has 0 heteroatoms. The summed E-state index contributed by atoms with van der Waals surface area (Å²) in [5, 5.41) is 0. The van der Waals surface area contributed by atoms with Crippen LogP contribution < -0.4 is 0 Å². The zero-order valence-electron chi connectivity index (χ0n) is 22.6. The summed E-state index contributed by atoms with van der Waals surface area (Å²) < 4.78 is 0. The van der Waals surface area contributed by atoms with Crippen LogP contribution in [0, 0.1) is 0 Å². The molecule has 0 aliphatic heterocycles. The number of benzene rings is 2. The van der Waals surface area contributed by atoms with Crippen LogP contribution >= 0.6 is 0 Å². The van der Waals surface area contributed by atoms with Crippen molar-refractivity contribution >= 4 is 0 Å². The van der Waals surface area contributed by atoms with Gasteiger partial charge in [-0.05, 0) is 74.3 Å². The second kappa shape index (κ2) is 8.76. The van der Waals surface area contributed by atoms with Crippen molar-refractivity contribution in [2.45, 2.75) is 124 Å². The van der Waals surface area contributed by atoms with E-state index in [9.17, 15) is 0 Å². The van der Waals surface area contributed by atoms with Crippen molar-refractivity contribution in [2.24, 2.45) is 0 Å². The third-order valence-corrected chi connectivity index (χ3v) is 6.30. The highest BCUT2D eigenvalue weighted by molar-refractivity contribution is 5.51. The van der Waals surface area contributed by atoms with Crippen LogP contribution in [-0.2, 0) is 34.5 Å². The monoisotopic (exact) mass is 420 g/mol. The van der Waals surface area contributed by atoms with E-state index in [1.807, 2.05) is 0 Å². The molecule has 0 unspecified atom stereocenters. The van der Waals surface area contributed by atoms with Gasteiger partial charge in [-0.1, -0.05) is 119 Å². The van der Waals surface area contributed by atoms with Gasteiger partial charge in [0, 0.05) is 0 Å². The Bertz CT molecular complexity index is 884. The summed E-state index contributed by atoms with van der Waals surface area (Å²) >= 11 is 0. The molecule has 0 N–H and O–H groups in total. The first kappa shape index (κ1) is 25.7. The Kier molecular flexibility index (Phi) is 7.26. The molecule has 0 bridgehead atoms. The third-order valence-electron chi connectivity index (χ3n) is 6.30. The van der Waals surface area contributed by atoms with E-state index in [0.717, 1.165) is 12.8 Å². The zero-order valence-corrected chi connectivity index (χ0v) is 22.6. The molecule has 0 nitrogen and oxygen atoms in total. The van der Waals surface area contributed by atoms with Gasteiger partial charge in [-0.3, -0.25) is 0 Å². The van der Waals surface area contributed by atoms with Crippen LogP contribution in [0.5, 0.6) is 0 Å². The van der Waals surface area contributed by atoms with Gasteiger partial charge < -0.3 is 0 Å². The summed E-state index contributed by atoms with van der Waals surface area (Å²) in [5.74, 6) is 0. The Balaban J connectivity index is 2.42. The van der Waals surface area contributed by atoms with E-state index in [4.69, 9.17) is 0 Å². The molecule has 0 radical (unpaired) electrons. The smallest absolute Gasteiger partial charge is 0.0126 e. The molecular formula is C31H48. The molecule has 0 spiro atoms. The highest BCUT2D eigenvalue weighted by Gasteiger charge is 2.33. The van der Waals surface area contributed by atoms with E-state index in [-0.39, 0.29) is 21.7 Å². The first-order valence-electron chi connectivity index (χ1n) is 12.2. The van der Waals surface area contributed by atoms with Gasteiger partial charge in [0.1, 0.15) is 0 Å². The maximum Gasteiger partial charge on any atom is -0.0126 e. The minimum Gasteiger partial charge on any atom is -0.0617 e.